The molecule has 0 spiro atoms. The van der Waals surface area contributed by atoms with E-state index < -0.39 is 0 Å². The van der Waals surface area contributed by atoms with Gasteiger partial charge in [0.2, 0.25) is 0 Å². The first kappa shape index (κ1) is 15.3. The number of halogens is 3. The monoisotopic (exact) mass is 449 g/mol. The maximum absolute atomic E-state index is 5.70. The molecule has 2 nitrogen and oxygen atoms in total. The molecule has 19 heavy (non-hydrogen) atoms. The molecule has 102 valence electrons. The lowest BCUT2D eigenvalue weighted by molar-refractivity contribution is 0.437. The summed E-state index contributed by atoms with van der Waals surface area (Å²) in [5.41, 5.74) is 2.35. The number of hydrogen-bond donors (Lipinski definition) is 1. The second-order valence-electron chi connectivity index (χ2n) is 4.26. The third-order valence-electron chi connectivity index (χ3n) is 2.88. The third-order valence-corrected chi connectivity index (χ3v) is 4.84. The fourth-order valence-corrected chi connectivity index (χ4v) is 3.30. The van der Waals surface area contributed by atoms with Gasteiger partial charge in [-0.1, -0.05) is 38.8 Å². The van der Waals surface area contributed by atoms with E-state index in [-0.39, 0.29) is 6.04 Å². The summed E-state index contributed by atoms with van der Waals surface area (Å²) in [6.45, 7) is 5.02. The maximum Gasteiger partial charge on any atom is 0.169 e. The Morgan fingerprint density at radius 3 is 2.47 bits per heavy atom. The molecule has 0 amide bonds. The van der Waals surface area contributed by atoms with Gasteiger partial charge in [-0.25, -0.2) is 0 Å². The molecule has 1 heterocycles. The molecule has 0 aliphatic heterocycles. The van der Waals surface area contributed by atoms with Crippen LogP contribution in [-0.4, -0.2) is 6.54 Å². The molecule has 2 aromatic rings. The lowest BCUT2D eigenvalue weighted by atomic mass is 10.0. The van der Waals surface area contributed by atoms with Crippen LogP contribution in [0.5, 0.6) is 0 Å². The van der Waals surface area contributed by atoms with Crippen LogP contribution in [0.3, 0.4) is 0 Å². The van der Waals surface area contributed by atoms with Crippen molar-refractivity contribution in [1.82, 2.24) is 5.32 Å². The van der Waals surface area contributed by atoms with E-state index in [4.69, 9.17) is 4.42 Å². The number of aryl methyl sites for hydroxylation is 1. The molecule has 0 fully saturated rings. The van der Waals surface area contributed by atoms with Crippen LogP contribution in [0.4, 0.5) is 0 Å². The molecule has 1 unspecified atom stereocenters. The van der Waals surface area contributed by atoms with E-state index in [9.17, 15) is 0 Å². The second-order valence-corrected chi connectivity index (χ2v) is 6.75. The molecule has 0 saturated carbocycles. The molecule has 0 aliphatic carbocycles. The summed E-state index contributed by atoms with van der Waals surface area (Å²) in [5.74, 6) is 0.894. The highest BCUT2D eigenvalue weighted by Gasteiger charge is 2.20. The molecular weight excluding hydrogens is 438 g/mol. The van der Waals surface area contributed by atoms with Crippen molar-refractivity contribution in [3.63, 3.8) is 0 Å². The predicted octanol–water partition coefficient (Wildman–Crippen LogP) is 5.57. The van der Waals surface area contributed by atoms with Crippen LogP contribution in [0.2, 0.25) is 0 Å². The highest BCUT2D eigenvalue weighted by molar-refractivity contribution is 9.11. The lowest BCUT2D eigenvalue weighted by Crippen LogP contribution is -2.22. The first-order valence-electron chi connectivity index (χ1n) is 5.97. The third kappa shape index (κ3) is 3.51. The highest BCUT2D eigenvalue weighted by atomic mass is 79.9. The van der Waals surface area contributed by atoms with Gasteiger partial charge in [0.25, 0.3) is 0 Å². The molecule has 5 heteroatoms. The van der Waals surface area contributed by atoms with Gasteiger partial charge in [0.1, 0.15) is 5.76 Å². The summed E-state index contributed by atoms with van der Waals surface area (Å²) in [6, 6.07) is 8.17. The van der Waals surface area contributed by atoms with Crippen molar-refractivity contribution < 1.29 is 4.42 Å². The second kappa shape index (κ2) is 6.57. The van der Waals surface area contributed by atoms with E-state index in [1.165, 1.54) is 5.56 Å². The smallest absolute Gasteiger partial charge is 0.169 e. The van der Waals surface area contributed by atoms with E-state index in [0.29, 0.717) is 0 Å². The number of nitrogens with one attached hydrogen (secondary N) is 1. The summed E-state index contributed by atoms with van der Waals surface area (Å²) >= 11 is 10.6. The van der Waals surface area contributed by atoms with Crippen LogP contribution in [0.1, 0.15) is 29.9 Å². The van der Waals surface area contributed by atoms with Crippen LogP contribution in [0.25, 0.3) is 0 Å². The van der Waals surface area contributed by atoms with E-state index in [2.05, 4.69) is 79.1 Å². The molecule has 0 bridgehead atoms. The van der Waals surface area contributed by atoms with Gasteiger partial charge in [0, 0.05) is 8.95 Å². The zero-order valence-electron chi connectivity index (χ0n) is 10.6. The molecule has 0 saturated heterocycles. The fraction of sp³-hybridized carbons (Fsp3) is 0.286. The van der Waals surface area contributed by atoms with Gasteiger partial charge >= 0.3 is 0 Å². The van der Waals surface area contributed by atoms with Crippen LogP contribution in [0.15, 0.2) is 42.3 Å². The molecule has 2 rings (SSSR count). The van der Waals surface area contributed by atoms with Crippen molar-refractivity contribution in [3.05, 3.63) is 54.8 Å². The van der Waals surface area contributed by atoms with Crippen LogP contribution in [0, 0.1) is 6.92 Å². The highest BCUT2D eigenvalue weighted by Crippen LogP contribution is 2.34. The summed E-state index contributed by atoms with van der Waals surface area (Å²) in [6.07, 6.45) is 0. The summed E-state index contributed by atoms with van der Waals surface area (Å²) in [7, 11) is 0. The Labute approximate surface area is 138 Å². The Morgan fingerprint density at radius 1 is 1.16 bits per heavy atom. The summed E-state index contributed by atoms with van der Waals surface area (Å²) < 4.78 is 8.61. The number of furan rings is 1. The van der Waals surface area contributed by atoms with E-state index in [0.717, 1.165) is 31.5 Å². The van der Waals surface area contributed by atoms with E-state index in [1.807, 2.05) is 12.1 Å². The van der Waals surface area contributed by atoms with Crippen molar-refractivity contribution in [2.75, 3.05) is 6.54 Å². The fourth-order valence-electron chi connectivity index (χ4n) is 1.93. The quantitative estimate of drug-likeness (QED) is 0.657. The van der Waals surface area contributed by atoms with Crippen molar-refractivity contribution in [2.24, 2.45) is 0 Å². The number of benzene rings is 1. The van der Waals surface area contributed by atoms with Crippen LogP contribution >= 0.6 is 47.8 Å². The normalized spacial score (nSPS) is 12.7. The van der Waals surface area contributed by atoms with Gasteiger partial charge in [-0.2, -0.15) is 0 Å². The number of rotatable bonds is 4. The molecule has 1 atom stereocenters. The van der Waals surface area contributed by atoms with Gasteiger partial charge < -0.3 is 9.73 Å². The largest absolute Gasteiger partial charge is 0.452 e. The first-order valence-corrected chi connectivity index (χ1v) is 8.35. The van der Waals surface area contributed by atoms with Gasteiger partial charge in [-0.3, -0.25) is 0 Å². The molecule has 0 aliphatic rings. The van der Waals surface area contributed by atoms with E-state index >= 15 is 0 Å². The Bertz CT molecular complexity index is 580. The first-order chi connectivity index (χ1) is 9.02. The van der Waals surface area contributed by atoms with Gasteiger partial charge in [0.05, 0.1) is 6.04 Å². The van der Waals surface area contributed by atoms with Crippen LogP contribution in [-0.2, 0) is 0 Å². The SMILES string of the molecule is CCNC(c1ccc(Br)o1)c1cc(Br)c(C)cc1Br. The lowest BCUT2D eigenvalue weighted by Gasteiger charge is -2.18. The molecule has 1 N–H and O–H groups in total. The topological polar surface area (TPSA) is 25.2 Å². The standard InChI is InChI=1S/C14H14Br3NO/c1-3-18-14(12-4-5-13(17)19-12)9-7-10(15)8(2)6-11(9)16/h4-7,14,18H,3H2,1-2H3. The minimum Gasteiger partial charge on any atom is -0.452 e. The number of hydrogen-bond acceptors (Lipinski definition) is 2. The minimum absolute atomic E-state index is 0.0302. The molecule has 1 aromatic carbocycles. The Hall–Kier alpha value is -0.100. The Balaban J connectivity index is 2.47. The van der Waals surface area contributed by atoms with Crippen molar-refractivity contribution >= 4 is 47.8 Å². The van der Waals surface area contributed by atoms with Crippen LogP contribution < -0.4 is 5.32 Å². The predicted molar refractivity (Wildman–Crippen MR) is 88.5 cm³/mol. The van der Waals surface area contributed by atoms with Crippen molar-refractivity contribution in [3.8, 4) is 0 Å². The minimum atomic E-state index is 0.0302. The van der Waals surface area contributed by atoms with Crippen molar-refractivity contribution in [2.45, 2.75) is 19.9 Å². The average molecular weight is 452 g/mol. The summed E-state index contributed by atoms with van der Waals surface area (Å²) in [4.78, 5) is 0. The zero-order valence-corrected chi connectivity index (χ0v) is 15.4. The Kier molecular flexibility index (Phi) is 5.29. The maximum atomic E-state index is 5.70. The van der Waals surface area contributed by atoms with Gasteiger partial charge in [0.15, 0.2) is 4.67 Å². The summed E-state index contributed by atoms with van der Waals surface area (Å²) in [5, 5.41) is 3.45. The average Bonchev–Trinajstić information content (AvgIpc) is 2.78. The zero-order chi connectivity index (χ0) is 14.0. The Morgan fingerprint density at radius 2 is 1.89 bits per heavy atom. The molecule has 1 aromatic heterocycles. The van der Waals surface area contributed by atoms with Gasteiger partial charge in [-0.15, -0.1) is 0 Å². The molecule has 0 radical (unpaired) electrons. The molecular formula is C14H14Br3NO. The van der Waals surface area contributed by atoms with Gasteiger partial charge in [-0.05, 0) is 64.8 Å². The van der Waals surface area contributed by atoms with E-state index in [1.54, 1.807) is 0 Å². The van der Waals surface area contributed by atoms with Crippen molar-refractivity contribution in [1.29, 1.82) is 0 Å².